The monoisotopic (exact) mass is 434 g/mol. The number of amides is 1. The van der Waals surface area contributed by atoms with Crippen LogP contribution in [0, 0.1) is 6.92 Å². The Kier molecular flexibility index (Phi) is 6.94. The van der Waals surface area contributed by atoms with Gasteiger partial charge >= 0.3 is 5.97 Å². The summed E-state index contributed by atoms with van der Waals surface area (Å²) in [6.45, 7) is 4.27. The number of nitrogens with zero attached hydrogens (tertiary/aromatic N) is 1. The normalized spacial score (nSPS) is 16.1. The average Bonchev–Trinajstić information content (AvgIpc) is 3.26. The van der Waals surface area contributed by atoms with Gasteiger partial charge in [-0.3, -0.25) is 4.79 Å². The van der Waals surface area contributed by atoms with Crippen LogP contribution in [0.4, 0.5) is 0 Å². The van der Waals surface area contributed by atoms with E-state index in [2.05, 4.69) is 5.32 Å². The largest absolute Gasteiger partial charge is 0.467 e. The number of benzene rings is 1. The van der Waals surface area contributed by atoms with E-state index in [0.717, 1.165) is 19.3 Å². The molecule has 1 amide bonds. The Morgan fingerprint density at radius 1 is 1.20 bits per heavy atom. The van der Waals surface area contributed by atoms with Crippen LogP contribution in [0.25, 0.3) is 0 Å². The fraction of sp³-hybridized carbons (Fsp3) is 0.429. The van der Waals surface area contributed by atoms with Gasteiger partial charge in [0.05, 0.1) is 23.3 Å². The maximum absolute atomic E-state index is 13.0. The second-order valence-corrected chi connectivity index (χ2v) is 9.20. The minimum absolute atomic E-state index is 0.0851. The van der Waals surface area contributed by atoms with Crippen LogP contribution in [0.2, 0.25) is 0 Å². The van der Waals surface area contributed by atoms with Gasteiger partial charge in [-0.15, -0.1) is 0 Å². The van der Waals surface area contributed by atoms with Gasteiger partial charge in [-0.2, -0.15) is 4.31 Å². The van der Waals surface area contributed by atoms with Gasteiger partial charge in [-0.1, -0.05) is 12.5 Å². The number of rotatable bonds is 7. The first-order valence-corrected chi connectivity index (χ1v) is 11.3. The first-order valence-electron chi connectivity index (χ1n) is 9.91. The summed E-state index contributed by atoms with van der Waals surface area (Å²) in [6.07, 6.45) is 3.11. The third kappa shape index (κ3) is 5.09. The maximum atomic E-state index is 13.0. The molecule has 2 heterocycles. The highest BCUT2D eigenvalue weighted by atomic mass is 32.2. The average molecular weight is 435 g/mol. The molecule has 0 radical (unpaired) electrons. The van der Waals surface area contributed by atoms with Gasteiger partial charge in [0.1, 0.15) is 5.76 Å². The lowest BCUT2D eigenvalue weighted by molar-refractivity contribution is -0.129. The lowest BCUT2D eigenvalue weighted by Crippen LogP contribution is -2.36. The number of hydrogen-bond donors (Lipinski definition) is 1. The topological polar surface area (TPSA) is 106 Å². The van der Waals surface area contributed by atoms with Crippen molar-refractivity contribution in [3.05, 3.63) is 53.5 Å². The van der Waals surface area contributed by atoms with Crippen molar-refractivity contribution in [2.75, 3.05) is 13.1 Å². The molecule has 0 spiro atoms. The Balaban J connectivity index is 1.68. The molecule has 1 atom stereocenters. The van der Waals surface area contributed by atoms with E-state index >= 15 is 0 Å². The van der Waals surface area contributed by atoms with Crippen LogP contribution in [0.1, 0.15) is 47.9 Å². The van der Waals surface area contributed by atoms with Crippen LogP contribution in [0.3, 0.4) is 0 Å². The van der Waals surface area contributed by atoms with E-state index in [1.54, 1.807) is 25.1 Å². The molecule has 1 fully saturated rings. The third-order valence-electron chi connectivity index (χ3n) is 5.03. The highest BCUT2D eigenvalue weighted by Gasteiger charge is 2.28. The van der Waals surface area contributed by atoms with E-state index in [1.807, 2.05) is 0 Å². The molecule has 1 aromatic carbocycles. The highest BCUT2D eigenvalue weighted by molar-refractivity contribution is 7.89. The van der Waals surface area contributed by atoms with Crippen molar-refractivity contribution in [1.29, 1.82) is 0 Å². The summed E-state index contributed by atoms with van der Waals surface area (Å²) in [7, 11) is -3.69. The smallest absolute Gasteiger partial charge is 0.338 e. The number of aryl methyl sites for hydroxylation is 1. The third-order valence-corrected chi connectivity index (χ3v) is 7.07. The number of ether oxygens (including phenoxy) is 1. The Morgan fingerprint density at radius 2 is 1.93 bits per heavy atom. The molecule has 9 heteroatoms. The predicted octanol–water partition coefficient (Wildman–Crippen LogP) is 2.62. The molecular weight excluding hydrogens is 408 g/mol. The molecule has 1 aromatic heterocycles. The number of furan rings is 1. The van der Waals surface area contributed by atoms with E-state index < -0.39 is 28.0 Å². The summed E-state index contributed by atoms with van der Waals surface area (Å²) in [5.41, 5.74) is 0.642. The fourth-order valence-corrected chi connectivity index (χ4v) is 5.03. The lowest BCUT2D eigenvalue weighted by atomic mass is 10.1. The predicted molar refractivity (Wildman–Crippen MR) is 109 cm³/mol. The SMILES string of the molecule is Cc1ccc(C(=O)OC(C)C(=O)NCc2ccco2)cc1S(=O)(=O)N1CCCCC1. The van der Waals surface area contributed by atoms with Crippen molar-refractivity contribution in [2.45, 2.75) is 50.7 Å². The Hall–Kier alpha value is -2.65. The van der Waals surface area contributed by atoms with Crippen molar-refractivity contribution in [3.8, 4) is 0 Å². The molecule has 162 valence electrons. The van der Waals surface area contributed by atoms with E-state index in [0.29, 0.717) is 24.4 Å². The van der Waals surface area contributed by atoms with Crippen molar-refractivity contribution >= 4 is 21.9 Å². The van der Waals surface area contributed by atoms with E-state index in [9.17, 15) is 18.0 Å². The van der Waals surface area contributed by atoms with Crippen LogP contribution in [-0.4, -0.2) is 43.8 Å². The van der Waals surface area contributed by atoms with Crippen LogP contribution in [0.5, 0.6) is 0 Å². The molecule has 3 rings (SSSR count). The Morgan fingerprint density at radius 3 is 2.60 bits per heavy atom. The highest BCUT2D eigenvalue weighted by Crippen LogP contribution is 2.24. The van der Waals surface area contributed by atoms with Crippen molar-refractivity contribution in [1.82, 2.24) is 9.62 Å². The van der Waals surface area contributed by atoms with Crippen molar-refractivity contribution in [2.24, 2.45) is 0 Å². The van der Waals surface area contributed by atoms with Gasteiger partial charge in [-0.05, 0) is 56.5 Å². The van der Waals surface area contributed by atoms with Gasteiger partial charge in [0.15, 0.2) is 6.10 Å². The molecule has 1 saturated heterocycles. The Bertz CT molecular complexity index is 995. The number of hydrogen-bond acceptors (Lipinski definition) is 6. The van der Waals surface area contributed by atoms with Gasteiger partial charge in [0, 0.05) is 13.1 Å². The second kappa shape index (κ2) is 9.44. The first-order chi connectivity index (χ1) is 14.3. The summed E-state index contributed by atoms with van der Waals surface area (Å²) in [4.78, 5) is 24.8. The van der Waals surface area contributed by atoms with Crippen molar-refractivity contribution < 1.29 is 27.2 Å². The molecule has 8 nitrogen and oxygen atoms in total. The number of piperidine rings is 1. The van der Waals surface area contributed by atoms with E-state index in [1.165, 1.54) is 29.6 Å². The minimum atomic E-state index is -3.69. The molecule has 0 aliphatic carbocycles. The fourth-order valence-electron chi connectivity index (χ4n) is 3.26. The van der Waals surface area contributed by atoms with E-state index in [-0.39, 0.29) is 17.0 Å². The lowest BCUT2D eigenvalue weighted by Gasteiger charge is -2.26. The molecule has 30 heavy (non-hydrogen) atoms. The standard InChI is InChI=1S/C21H26N2O6S/c1-15-8-9-17(13-19(15)30(26,27)23-10-4-3-5-11-23)21(25)29-16(2)20(24)22-14-18-7-6-12-28-18/h6-9,12-13,16H,3-5,10-11,14H2,1-2H3,(H,22,24). The molecule has 1 aliphatic heterocycles. The van der Waals surface area contributed by atoms with Gasteiger partial charge in [-0.25, -0.2) is 13.2 Å². The van der Waals surface area contributed by atoms with Gasteiger partial charge < -0.3 is 14.5 Å². The summed E-state index contributed by atoms with van der Waals surface area (Å²) < 4.78 is 37.8. The number of carbonyl (C=O) groups excluding carboxylic acids is 2. The van der Waals surface area contributed by atoms with Crippen LogP contribution < -0.4 is 5.32 Å². The number of sulfonamides is 1. The Labute approximate surface area is 176 Å². The van der Waals surface area contributed by atoms with E-state index in [4.69, 9.17) is 9.15 Å². The molecule has 2 aromatic rings. The molecule has 0 bridgehead atoms. The molecule has 1 unspecified atom stereocenters. The number of carbonyl (C=O) groups is 2. The van der Waals surface area contributed by atoms with Crippen LogP contribution >= 0.6 is 0 Å². The second-order valence-electron chi connectivity index (χ2n) is 7.29. The summed E-state index contributed by atoms with van der Waals surface area (Å²) in [5.74, 6) is -0.660. The zero-order chi connectivity index (χ0) is 21.7. The van der Waals surface area contributed by atoms with Crippen molar-refractivity contribution in [3.63, 3.8) is 0 Å². The summed E-state index contributed by atoms with van der Waals surface area (Å²) in [5, 5.41) is 2.62. The zero-order valence-corrected chi connectivity index (χ0v) is 17.9. The first kappa shape index (κ1) is 22.0. The summed E-state index contributed by atoms with van der Waals surface area (Å²) in [6, 6.07) is 7.83. The zero-order valence-electron chi connectivity index (χ0n) is 17.1. The number of esters is 1. The minimum Gasteiger partial charge on any atom is -0.467 e. The van der Waals surface area contributed by atoms with Crippen LogP contribution in [-0.2, 0) is 26.1 Å². The molecular formula is C21H26N2O6S. The number of nitrogens with one attached hydrogen (secondary N) is 1. The molecule has 0 saturated carbocycles. The van der Waals surface area contributed by atoms with Gasteiger partial charge in [0.25, 0.3) is 5.91 Å². The molecule has 1 aliphatic rings. The van der Waals surface area contributed by atoms with Gasteiger partial charge in [0.2, 0.25) is 10.0 Å². The molecule has 1 N–H and O–H groups in total. The maximum Gasteiger partial charge on any atom is 0.338 e. The summed E-state index contributed by atoms with van der Waals surface area (Å²) >= 11 is 0. The quantitative estimate of drug-likeness (QED) is 0.672. The van der Waals surface area contributed by atoms with Crippen LogP contribution in [0.15, 0.2) is 45.9 Å².